The van der Waals surface area contributed by atoms with Crippen molar-refractivity contribution in [2.75, 3.05) is 0 Å². The first-order chi connectivity index (χ1) is 17.6. The summed E-state index contributed by atoms with van der Waals surface area (Å²) in [5.74, 6) is 0.531. The van der Waals surface area contributed by atoms with Crippen molar-refractivity contribution >= 4 is 22.6 Å². The first kappa shape index (κ1) is 22.0. The van der Waals surface area contributed by atoms with Gasteiger partial charge >= 0.3 is 0 Å². The molecule has 0 saturated carbocycles. The Morgan fingerprint density at radius 1 is 0.722 bits per heavy atom. The highest BCUT2D eigenvalue weighted by Gasteiger charge is 2.18. The zero-order valence-corrected chi connectivity index (χ0v) is 20.2. The Kier molecular flexibility index (Phi) is 5.47. The van der Waals surface area contributed by atoms with E-state index in [1.807, 2.05) is 66.7 Å². The first-order valence-electron chi connectivity index (χ1n) is 11.6. The van der Waals surface area contributed by atoms with E-state index in [9.17, 15) is 4.79 Å². The third-order valence-electron chi connectivity index (χ3n) is 6.29. The van der Waals surface area contributed by atoms with Gasteiger partial charge in [0, 0.05) is 10.6 Å². The molecule has 6 heteroatoms. The number of hydrogen-bond donors (Lipinski definition) is 0. The lowest BCUT2D eigenvalue weighted by atomic mass is 9.99. The van der Waals surface area contributed by atoms with Crippen molar-refractivity contribution < 1.29 is 0 Å². The lowest BCUT2D eigenvalue weighted by molar-refractivity contribution is 0.888. The molecule has 0 saturated heterocycles. The molecule has 2 aromatic heterocycles. The van der Waals surface area contributed by atoms with Gasteiger partial charge in [-0.1, -0.05) is 78.3 Å². The summed E-state index contributed by atoms with van der Waals surface area (Å²) >= 11 is 6.13. The molecule has 36 heavy (non-hydrogen) atoms. The van der Waals surface area contributed by atoms with Crippen LogP contribution in [0.5, 0.6) is 0 Å². The van der Waals surface area contributed by atoms with Gasteiger partial charge in [0.05, 0.1) is 17.6 Å². The molecule has 0 atom stereocenters. The van der Waals surface area contributed by atoms with Crippen LogP contribution >= 0.6 is 11.6 Å². The van der Waals surface area contributed by atoms with E-state index in [4.69, 9.17) is 16.6 Å². The van der Waals surface area contributed by atoms with Crippen LogP contribution in [0.3, 0.4) is 0 Å². The highest BCUT2D eigenvalue weighted by molar-refractivity contribution is 6.30. The van der Waals surface area contributed by atoms with Gasteiger partial charge in [-0.2, -0.15) is 5.10 Å². The van der Waals surface area contributed by atoms with Crippen LogP contribution in [0.25, 0.3) is 44.9 Å². The average molecular weight is 489 g/mol. The van der Waals surface area contributed by atoms with E-state index in [1.165, 1.54) is 11.1 Å². The number of para-hydroxylation sites is 1. The van der Waals surface area contributed by atoms with Crippen LogP contribution in [0, 0.1) is 6.92 Å². The standard InChI is InChI=1S/C30H21ClN4O/c1-20-7-5-6-10-26(20)21-11-13-22(14-12-21)28-33-29-27(19-32-35(29)25-8-3-2-4-9-25)30(36)34(28)24-17-15-23(31)16-18-24/h2-19H,1H3. The molecule has 0 aliphatic carbocycles. The highest BCUT2D eigenvalue weighted by atomic mass is 35.5. The summed E-state index contributed by atoms with van der Waals surface area (Å²) in [5, 5.41) is 5.53. The van der Waals surface area contributed by atoms with Gasteiger partial charge in [0.1, 0.15) is 11.2 Å². The van der Waals surface area contributed by atoms with Crippen LogP contribution in [-0.4, -0.2) is 19.3 Å². The summed E-state index contributed by atoms with van der Waals surface area (Å²) in [6.45, 7) is 2.10. The molecule has 0 radical (unpaired) electrons. The van der Waals surface area contributed by atoms with Crippen LogP contribution in [0.15, 0.2) is 114 Å². The number of rotatable bonds is 4. The number of aryl methyl sites for hydroxylation is 1. The Morgan fingerprint density at radius 2 is 1.39 bits per heavy atom. The Bertz CT molecular complexity index is 1750. The predicted molar refractivity (Wildman–Crippen MR) is 145 cm³/mol. The van der Waals surface area contributed by atoms with Crippen LogP contribution in [0.4, 0.5) is 0 Å². The second kappa shape index (κ2) is 8.95. The number of benzene rings is 4. The third kappa shape index (κ3) is 3.80. The zero-order chi connectivity index (χ0) is 24.6. The average Bonchev–Trinajstić information content (AvgIpc) is 3.35. The van der Waals surface area contributed by atoms with Crippen LogP contribution in [0.1, 0.15) is 5.56 Å². The van der Waals surface area contributed by atoms with Crippen molar-refractivity contribution in [2.24, 2.45) is 0 Å². The summed E-state index contributed by atoms with van der Waals surface area (Å²) in [7, 11) is 0. The monoisotopic (exact) mass is 488 g/mol. The molecule has 174 valence electrons. The van der Waals surface area contributed by atoms with Gasteiger partial charge in [0.2, 0.25) is 0 Å². The number of hydrogen-bond acceptors (Lipinski definition) is 3. The Labute approximate surface area is 212 Å². The van der Waals surface area contributed by atoms with E-state index in [1.54, 1.807) is 27.6 Å². The molecule has 0 bridgehead atoms. The maximum Gasteiger partial charge on any atom is 0.269 e. The fraction of sp³-hybridized carbons (Fsp3) is 0.0333. The summed E-state index contributed by atoms with van der Waals surface area (Å²) in [6.07, 6.45) is 1.58. The van der Waals surface area contributed by atoms with E-state index in [0.29, 0.717) is 27.6 Å². The van der Waals surface area contributed by atoms with Crippen molar-refractivity contribution in [1.82, 2.24) is 19.3 Å². The molecule has 5 nitrogen and oxygen atoms in total. The molecule has 0 spiro atoms. The lowest BCUT2D eigenvalue weighted by Gasteiger charge is -2.14. The van der Waals surface area contributed by atoms with Crippen molar-refractivity contribution in [1.29, 1.82) is 0 Å². The second-order valence-corrected chi connectivity index (χ2v) is 9.01. The van der Waals surface area contributed by atoms with E-state index in [0.717, 1.165) is 16.8 Å². The van der Waals surface area contributed by atoms with Gasteiger partial charge in [0.25, 0.3) is 5.56 Å². The van der Waals surface area contributed by atoms with E-state index in [-0.39, 0.29) is 5.56 Å². The van der Waals surface area contributed by atoms with Gasteiger partial charge in [-0.25, -0.2) is 9.67 Å². The maximum atomic E-state index is 13.8. The van der Waals surface area contributed by atoms with Crippen LogP contribution < -0.4 is 5.56 Å². The Morgan fingerprint density at radius 3 is 2.11 bits per heavy atom. The molecule has 0 aliphatic heterocycles. The number of halogens is 1. The van der Waals surface area contributed by atoms with E-state index >= 15 is 0 Å². The minimum atomic E-state index is -0.192. The summed E-state index contributed by atoms with van der Waals surface area (Å²) in [4.78, 5) is 18.8. The smallest absolute Gasteiger partial charge is 0.268 e. The topological polar surface area (TPSA) is 52.7 Å². The number of aromatic nitrogens is 4. The SMILES string of the molecule is Cc1ccccc1-c1ccc(-c2nc3c(cnn3-c3ccccc3)c(=O)n2-c2ccc(Cl)cc2)cc1. The Balaban J connectivity index is 1.59. The molecule has 4 aromatic carbocycles. The summed E-state index contributed by atoms with van der Waals surface area (Å²) < 4.78 is 3.33. The summed E-state index contributed by atoms with van der Waals surface area (Å²) in [5.41, 5.74) is 6.14. The first-order valence-corrected chi connectivity index (χ1v) is 12.0. The largest absolute Gasteiger partial charge is 0.269 e. The lowest BCUT2D eigenvalue weighted by Crippen LogP contribution is -2.22. The van der Waals surface area contributed by atoms with Crippen molar-refractivity contribution in [3.05, 3.63) is 130 Å². The van der Waals surface area contributed by atoms with Crippen LogP contribution in [0.2, 0.25) is 5.02 Å². The minimum absolute atomic E-state index is 0.192. The molecule has 0 N–H and O–H groups in total. The number of fused-ring (bicyclic) bond motifs is 1. The van der Waals surface area contributed by atoms with Crippen LogP contribution in [-0.2, 0) is 0 Å². The van der Waals surface area contributed by atoms with Gasteiger partial charge in [0.15, 0.2) is 5.65 Å². The maximum absolute atomic E-state index is 13.8. The predicted octanol–water partition coefficient (Wildman–Crippen LogP) is 6.87. The molecule has 0 amide bonds. The molecule has 0 unspecified atom stereocenters. The Hall–Kier alpha value is -4.48. The van der Waals surface area contributed by atoms with Gasteiger partial charge in [-0.05, 0) is 60.0 Å². The van der Waals surface area contributed by atoms with E-state index < -0.39 is 0 Å². The van der Waals surface area contributed by atoms with Gasteiger partial charge in [-0.15, -0.1) is 0 Å². The minimum Gasteiger partial charge on any atom is -0.268 e. The molecule has 0 fully saturated rings. The molecule has 0 aliphatic rings. The quantitative estimate of drug-likeness (QED) is 0.272. The molecule has 6 rings (SSSR count). The molecular formula is C30H21ClN4O. The van der Waals surface area contributed by atoms with Gasteiger partial charge < -0.3 is 0 Å². The fourth-order valence-corrected chi connectivity index (χ4v) is 4.57. The van der Waals surface area contributed by atoms with Crippen molar-refractivity contribution in [3.8, 4) is 33.9 Å². The summed E-state index contributed by atoms with van der Waals surface area (Å²) in [6, 6.07) is 33.3. The van der Waals surface area contributed by atoms with E-state index in [2.05, 4.69) is 36.3 Å². The van der Waals surface area contributed by atoms with Gasteiger partial charge in [-0.3, -0.25) is 9.36 Å². The second-order valence-electron chi connectivity index (χ2n) is 8.57. The molecule has 2 heterocycles. The number of nitrogens with zero attached hydrogens (tertiary/aromatic N) is 4. The molecular weight excluding hydrogens is 468 g/mol. The van der Waals surface area contributed by atoms with Crippen molar-refractivity contribution in [3.63, 3.8) is 0 Å². The zero-order valence-electron chi connectivity index (χ0n) is 19.5. The third-order valence-corrected chi connectivity index (χ3v) is 6.54. The normalized spacial score (nSPS) is 11.2. The fourth-order valence-electron chi connectivity index (χ4n) is 4.44. The molecule has 6 aromatic rings. The highest BCUT2D eigenvalue weighted by Crippen LogP contribution is 2.28. The van der Waals surface area contributed by atoms with Crippen molar-refractivity contribution in [2.45, 2.75) is 6.92 Å².